The molecule has 0 saturated carbocycles. The Labute approximate surface area is 104 Å². The van der Waals surface area contributed by atoms with Gasteiger partial charge in [0.1, 0.15) is 19.1 Å². The summed E-state index contributed by atoms with van der Waals surface area (Å²) in [5.74, 6) is 0. The van der Waals surface area contributed by atoms with Crippen LogP contribution in [-0.2, 0) is 15.8 Å². The molecule has 6 heteroatoms. The van der Waals surface area contributed by atoms with Crippen LogP contribution in [0.15, 0.2) is 42.9 Å². The van der Waals surface area contributed by atoms with Gasteiger partial charge < -0.3 is 9.16 Å². The summed E-state index contributed by atoms with van der Waals surface area (Å²) in [7, 11) is 0. The van der Waals surface area contributed by atoms with Crippen LogP contribution in [0.1, 0.15) is 5.56 Å². The molecule has 0 unspecified atom stereocenters. The third-order valence-corrected chi connectivity index (χ3v) is 2.65. The molecule has 0 N–H and O–H groups in total. The minimum absolute atomic E-state index is 0.460. The first-order chi connectivity index (χ1) is 7.08. The molecule has 0 atom stereocenters. The van der Waals surface area contributed by atoms with E-state index in [0.29, 0.717) is 6.61 Å². The summed E-state index contributed by atoms with van der Waals surface area (Å²) in [5, 5.41) is 0. The Hall–Kier alpha value is -0.353. The Kier molecular flexibility index (Phi) is 5.32. The second kappa shape index (κ2) is 6.28. The monoisotopic (exact) mass is 282 g/mol. The fourth-order valence-electron chi connectivity index (χ4n) is 0.863. The van der Waals surface area contributed by atoms with Gasteiger partial charge in [0.15, 0.2) is 0 Å². The zero-order chi connectivity index (χ0) is 11.1. The summed E-state index contributed by atoms with van der Waals surface area (Å²) in [6, 6.07) is 9.73. The number of benzene rings is 1. The highest BCUT2D eigenvalue weighted by molar-refractivity contribution is 7.62. The van der Waals surface area contributed by atoms with Gasteiger partial charge in [-0.25, -0.2) is 0 Å². The standard InChI is InChI=1S/C9H9Cl3O2Si/c10-15(11,12)14-7-6-13-8-9-4-2-1-3-5-9/h1-7H,8H2/b7-6-. The average molecular weight is 284 g/mol. The molecular weight excluding hydrogens is 275 g/mol. The van der Waals surface area contributed by atoms with E-state index < -0.39 is 6.25 Å². The average Bonchev–Trinajstić information content (AvgIpc) is 2.17. The molecule has 1 aromatic carbocycles. The molecule has 0 amide bonds. The van der Waals surface area contributed by atoms with Gasteiger partial charge in [-0.15, -0.1) is 0 Å². The summed E-state index contributed by atoms with van der Waals surface area (Å²) in [6.07, 6.45) is -0.422. The zero-order valence-corrected chi connectivity index (χ0v) is 11.0. The molecule has 0 radical (unpaired) electrons. The molecule has 0 fully saturated rings. The van der Waals surface area contributed by atoms with E-state index in [9.17, 15) is 0 Å². The van der Waals surface area contributed by atoms with Crippen LogP contribution in [-0.4, -0.2) is 6.25 Å². The normalized spacial score (nSPS) is 11.7. The van der Waals surface area contributed by atoms with Crippen LogP contribution < -0.4 is 0 Å². The summed E-state index contributed by atoms with van der Waals surface area (Å²) < 4.78 is 9.95. The van der Waals surface area contributed by atoms with Crippen molar-refractivity contribution in [2.24, 2.45) is 0 Å². The molecular formula is C9H9Cl3O2Si. The second-order valence-corrected chi connectivity index (χ2v) is 10.3. The van der Waals surface area contributed by atoms with Gasteiger partial charge in [-0.1, -0.05) is 63.6 Å². The minimum atomic E-state index is -3.04. The maximum atomic E-state index is 5.47. The van der Waals surface area contributed by atoms with Crippen molar-refractivity contribution in [2.75, 3.05) is 0 Å². The lowest BCUT2D eigenvalue weighted by atomic mass is 10.2. The fourth-order valence-corrected chi connectivity index (χ4v) is 1.54. The highest BCUT2D eigenvalue weighted by atomic mass is 35.8. The van der Waals surface area contributed by atoms with Crippen molar-refractivity contribution in [2.45, 2.75) is 6.61 Å². The highest BCUT2D eigenvalue weighted by Gasteiger charge is 2.28. The molecule has 0 aliphatic heterocycles. The maximum absolute atomic E-state index is 5.47. The Morgan fingerprint density at radius 2 is 1.73 bits per heavy atom. The molecule has 82 valence electrons. The van der Waals surface area contributed by atoms with Crippen LogP contribution in [0.4, 0.5) is 0 Å². The Morgan fingerprint density at radius 3 is 2.33 bits per heavy atom. The molecule has 1 rings (SSSR count). The number of rotatable bonds is 5. The first-order valence-electron chi connectivity index (χ1n) is 4.13. The smallest absolute Gasteiger partial charge is 0.511 e. The van der Waals surface area contributed by atoms with Gasteiger partial charge in [-0.2, -0.15) is 0 Å². The van der Waals surface area contributed by atoms with E-state index >= 15 is 0 Å². The van der Waals surface area contributed by atoms with Crippen LogP contribution in [0.5, 0.6) is 0 Å². The Bertz CT molecular complexity index is 311. The van der Waals surface area contributed by atoms with Crippen molar-refractivity contribution in [3.05, 3.63) is 48.4 Å². The van der Waals surface area contributed by atoms with Gasteiger partial charge in [0.25, 0.3) is 0 Å². The predicted octanol–water partition coefficient (Wildman–Crippen LogP) is 3.84. The van der Waals surface area contributed by atoms with E-state index in [1.54, 1.807) is 0 Å². The quantitative estimate of drug-likeness (QED) is 0.464. The van der Waals surface area contributed by atoms with Crippen molar-refractivity contribution >= 4 is 39.5 Å². The first-order valence-corrected chi connectivity index (χ1v) is 9.07. The third-order valence-electron chi connectivity index (χ3n) is 1.45. The minimum Gasteiger partial charge on any atom is -0.511 e. The predicted molar refractivity (Wildman–Crippen MR) is 64.8 cm³/mol. The third kappa shape index (κ3) is 6.68. The van der Waals surface area contributed by atoms with E-state index in [2.05, 4.69) is 0 Å². The molecule has 2 nitrogen and oxygen atoms in total. The van der Waals surface area contributed by atoms with Crippen LogP contribution in [0.3, 0.4) is 0 Å². The summed E-state index contributed by atoms with van der Waals surface area (Å²) in [4.78, 5) is 0. The Balaban J connectivity index is 2.22. The number of hydrogen-bond donors (Lipinski definition) is 0. The van der Waals surface area contributed by atoms with Gasteiger partial charge in [0.2, 0.25) is 0 Å². The Morgan fingerprint density at radius 1 is 1.07 bits per heavy atom. The lowest BCUT2D eigenvalue weighted by Gasteiger charge is -2.05. The molecule has 1 aromatic rings. The SMILES string of the molecule is Cl[Si](Cl)(Cl)O/C=C\OCc1ccccc1. The van der Waals surface area contributed by atoms with E-state index in [0.717, 1.165) is 5.56 Å². The topological polar surface area (TPSA) is 18.5 Å². The van der Waals surface area contributed by atoms with Gasteiger partial charge in [-0.05, 0) is 5.56 Å². The molecule has 0 heterocycles. The van der Waals surface area contributed by atoms with Gasteiger partial charge in [-0.3, -0.25) is 0 Å². The summed E-state index contributed by atoms with van der Waals surface area (Å²) >= 11 is 16.4. The van der Waals surface area contributed by atoms with E-state index in [1.165, 1.54) is 12.5 Å². The van der Waals surface area contributed by atoms with Gasteiger partial charge >= 0.3 is 6.25 Å². The van der Waals surface area contributed by atoms with Crippen LogP contribution in [0.25, 0.3) is 0 Å². The summed E-state index contributed by atoms with van der Waals surface area (Å²) in [6.45, 7) is 0.460. The number of ether oxygens (including phenoxy) is 1. The van der Waals surface area contributed by atoms with Crippen LogP contribution >= 0.6 is 33.2 Å². The molecule has 0 spiro atoms. The fraction of sp³-hybridized carbons (Fsp3) is 0.111. The molecule has 0 aromatic heterocycles. The summed E-state index contributed by atoms with van der Waals surface area (Å²) in [5.41, 5.74) is 1.06. The van der Waals surface area contributed by atoms with E-state index in [-0.39, 0.29) is 0 Å². The lowest BCUT2D eigenvalue weighted by Crippen LogP contribution is -2.11. The highest BCUT2D eigenvalue weighted by Crippen LogP contribution is 2.20. The van der Waals surface area contributed by atoms with Crippen LogP contribution in [0.2, 0.25) is 0 Å². The van der Waals surface area contributed by atoms with Crippen molar-refractivity contribution in [1.82, 2.24) is 0 Å². The van der Waals surface area contributed by atoms with Gasteiger partial charge in [0.05, 0.1) is 0 Å². The van der Waals surface area contributed by atoms with Crippen molar-refractivity contribution in [1.29, 1.82) is 0 Å². The first kappa shape index (κ1) is 12.7. The molecule has 0 bridgehead atoms. The van der Waals surface area contributed by atoms with Gasteiger partial charge in [0, 0.05) is 0 Å². The van der Waals surface area contributed by atoms with E-state index in [1.807, 2.05) is 30.3 Å². The van der Waals surface area contributed by atoms with Crippen molar-refractivity contribution in [3.63, 3.8) is 0 Å². The van der Waals surface area contributed by atoms with Crippen molar-refractivity contribution in [3.8, 4) is 0 Å². The zero-order valence-electron chi connectivity index (χ0n) is 7.70. The lowest BCUT2D eigenvalue weighted by molar-refractivity contribution is 0.228. The second-order valence-electron chi connectivity index (χ2n) is 2.63. The largest absolute Gasteiger partial charge is 0.555 e. The van der Waals surface area contributed by atoms with Crippen LogP contribution in [0, 0.1) is 0 Å². The van der Waals surface area contributed by atoms with Crippen molar-refractivity contribution < 1.29 is 9.16 Å². The van der Waals surface area contributed by atoms with E-state index in [4.69, 9.17) is 42.4 Å². The molecule has 0 aliphatic rings. The number of hydrogen-bond acceptors (Lipinski definition) is 2. The number of halogens is 3. The molecule has 0 aliphatic carbocycles. The molecule has 15 heavy (non-hydrogen) atoms. The maximum Gasteiger partial charge on any atom is 0.555 e. The molecule has 0 saturated heterocycles.